The summed E-state index contributed by atoms with van der Waals surface area (Å²) < 4.78 is 35.7. The van der Waals surface area contributed by atoms with Crippen LogP contribution in [0.3, 0.4) is 0 Å². The summed E-state index contributed by atoms with van der Waals surface area (Å²) in [5, 5.41) is 16.9. The Morgan fingerprint density at radius 2 is 1.87 bits per heavy atom. The molecule has 0 saturated carbocycles. The van der Waals surface area contributed by atoms with Crippen LogP contribution in [0.15, 0.2) is 42.6 Å². The van der Waals surface area contributed by atoms with Crippen molar-refractivity contribution in [2.75, 3.05) is 20.2 Å². The average molecular weight is 408 g/mol. The van der Waals surface area contributed by atoms with Crippen LogP contribution in [0.1, 0.15) is 18.4 Å². The Kier molecular flexibility index (Phi) is 5.77. The van der Waals surface area contributed by atoms with E-state index in [1.807, 2.05) is 10.8 Å². The first-order chi connectivity index (χ1) is 14.6. The normalized spacial score (nSPS) is 14.5. The molecule has 2 heterocycles. The van der Waals surface area contributed by atoms with Gasteiger partial charge < -0.3 is 10.1 Å². The van der Waals surface area contributed by atoms with Crippen LogP contribution in [-0.4, -0.2) is 30.0 Å². The summed E-state index contributed by atoms with van der Waals surface area (Å²) in [6.07, 6.45) is 3.76. The van der Waals surface area contributed by atoms with Crippen LogP contribution < -0.4 is 10.1 Å². The van der Waals surface area contributed by atoms with Gasteiger partial charge in [-0.1, -0.05) is 6.07 Å². The van der Waals surface area contributed by atoms with Crippen molar-refractivity contribution in [2.45, 2.75) is 19.4 Å². The zero-order valence-electron chi connectivity index (χ0n) is 16.7. The van der Waals surface area contributed by atoms with Crippen molar-refractivity contribution >= 4 is 0 Å². The number of rotatable bonds is 5. The molecule has 1 aliphatic rings. The molecule has 1 aromatic heterocycles. The van der Waals surface area contributed by atoms with Crippen molar-refractivity contribution in [2.24, 2.45) is 5.92 Å². The molecule has 5 nitrogen and oxygen atoms in total. The van der Waals surface area contributed by atoms with Gasteiger partial charge in [0.25, 0.3) is 0 Å². The van der Waals surface area contributed by atoms with Gasteiger partial charge in [-0.2, -0.15) is 10.4 Å². The fourth-order valence-electron chi connectivity index (χ4n) is 3.94. The maximum absolute atomic E-state index is 14.5. The third-order valence-electron chi connectivity index (χ3n) is 5.56. The Hall–Kier alpha value is -3.24. The van der Waals surface area contributed by atoms with E-state index in [4.69, 9.17) is 10.00 Å². The number of nitriles is 1. The number of nitrogens with zero attached hydrogens (tertiary/aromatic N) is 3. The van der Waals surface area contributed by atoms with Gasteiger partial charge >= 0.3 is 0 Å². The van der Waals surface area contributed by atoms with Crippen molar-refractivity contribution < 1.29 is 13.5 Å². The van der Waals surface area contributed by atoms with E-state index < -0.39 is 11.6 Å². The number of piperidine rings is 1. The summed E-state index contributed by atoms with van der Waals surface area (Å²) in [6.45, 7) is 2.63. The van der Waals surface area contributed by atoms with Gasteiger partial charge in [0.2, 0.25) is 0 Å². The maximum atomic E-state index is 14.5. The van der Waals surface area contributed by atoms with Crippen molar-refractivity contribution in [3.8, 4) is 34.2 Å². The molecule has 0 radical (unpaired) electrons. The molecule has 1 aliphatic heterocycles. The molecule has 1 N–H and O–H groups in total. The topological polar surface area (TPSA) is 62.9 Å². The van der Waals surface area contributed by atoms with Crippen LogP contribution in [0.4, 0.5) is 8.78 Å². The number of hydrogen-bond donors (Lipinski definition) is 1. The largest absolute Gasteiger partial charge is 0.494 e. The molecular weight excluding hydrogens is 386 g/mol. The van der Waals surface area contributed by atoms with E-state index in [-0.39, 0.29) is 11.3 Å². The van der Waals surface area contributed by atoms with E-state index in [9.17, 15) is 8.78 Å². The van der Waals surface area contributed by atoms with Gasteiger partial charge in [0.05, 0.1) is 24.6 Å². The lowest BCUT2D eigenvalue weighted by atomic mass is 9.97. The number of nitrogens with one attached hydrogen (secondary N) is 1. The summed E-state index contributed by atoms with van der Waals surface area (Å²) in [7, 11) is 1.42. The minimum atomic E-state index is -0.590. The second-order valence-electron chi connectivity index (χ2n) is 7.44. The van der Waals surface area contributed by atoms with Crippen molar-refractivity contribution in [3.63, 3.8) is 0 Å². The molecule has 1 saturated heterocycles. The predicted molar refractivity (Wildman–Crippen MR) is 110 cm³/mol. The van der Waals surface area contributed by atoms with E-state index in [1.165, 1.54) is 25.3 Å². The highest BCUT2D eigenvalue weighted by atomic mass is 19.1. The maximum Gasteiger partial charge on any atom is 0.165 e. The molecule has 1 fully saturated rings. The van der Waals surface area contributed by atoms with Crippen molar-refractivity contribution in [3.05, 3.63) is 59.8 Å². The van der Waals surface area contributed by atoms with Gasteiger partial charge in [-0.25, -0.2) is 8.78 Å². The Bertz CT molecular complexity index is 1100. The van der Waals surface area contributed by atoms with Crippen LogP contribution in [0.5, 0.6) is 5.75 Å². The van der Waals surface area contributed by atoms with E-state index in [1.54, 1.807) is 24.4 Å². The number of hydrogen-bond acceptors (Lipinski definition) is 4. The number of ether oxygens (including phenoxy) is 1. The monoisotopic (exact) mass is 408 g/mol. The van der Waals surface area contributed by atoms with E-state index in [2.05, 4.69) is 10.4 Å². The lowest BCUT2D eigenvalue weighted by Gasteiger charge is -2.23. The number of halogens is 2. The molecule has 0 unspecified atom stereocenters. The molecule has 0 atom stereocenters. The zero-order chi connectivity index (χ0) is 21.1. The first-order valence-corrected chi connectivity index (χ1v) is 9.91. The summed E-state index contributed by atoms with van der Waals surface area (Å²) >= 11 is 0. The Morgan fingerprint density at radius 3 is 2.53 bits per heavy atom. The van der Waals surface area contributed by atoms with Crippen LogP contribution in [0.25, 0.3) is 22.4 Å². The zero-order valence-corrected chi connectivity index (χ0v) is 16.7. The van der Waals surface area contributed by atoms with Gasteiger partial charge in [0.1, 0.15) is 11.9 Å². The van der Waals surface area contributed by atoms with Gasteiger partial charge in [0, 0.05) is 17.7 Å². The summed E-state index contributed by atoms with van der Waals surface area (Å²) in [6, 6.07) is 11.1. The molecule has 154 valence electrons. The number of benzene rings is 2. The Labute approximate surface area is 173 Å². The molecule has 0 aliphatic carbocycles. The highest BCUT2D eigenvalue weighted by Gasteiger charge is 2.21. The van der Waals surface area contributed by atoms with Gasteiger partial charge in [-0.05, 0) is 67.7 Å². The number of methoxy groups -OCH3 is 1. The minimum absolute atomic E-state index is 0.0158. The van der Waals surface area contributed by atoms with Crippen LogP contribution in [0.2, 0.25) is 0 Å². The van der Waals surface area contributed by atoms with Gasteiger partial charge in [-0.3, -0.25) is 4.68 Å². The Morgan fingerprint density at radius 1 is 1.13 bits per heavy atom. The molecule has 0 amide bonds. The quantitative estimate of drug-likeness (QED) is 0.681. The van der Waals surface area contributed by atoms with E-state index in [0.717, 1.165) is 31.6 Å². The standard InChI is InChI=1S/C23H22F2N4O/c1-30-22-5-4-17(11-21(22)25)23-19(16-2-3-18(12-26)20(24)10-16)13-28-29(23)14-15-6-8-27-9-7-15/h2-5,10-11,13,15,27H,6-9,14H2,1H3. The first-order valence-electron chi connectivity index (χ1n) is 9.91. The fourth-order valence-corrected chi connectivity index (χ4v) is 3.94. The predicted octanol–water partition coefficient (Wildman–Crippen LogP) is 4.38. The second kappa shape index (κ2) is 8.64. The van der Waals surface area contributed by atoms with Crippen LogP contribution >= 0.6 is 0 Å². The minimum Gasteiger partial charge on any atom is -0.494 e. The average Bonchev–Trinajstić information content (AvgIpc) is 3.17. The molecule has 2 aromatic carbocycles. The summed E-state index contributed by atoms with van der Waals surface area (Å²) in [4.78, 5) is 0. The van der Waals surface area contributed by atoms with Crippen LogP contribution in [-0.2, 0) is 6.54 Å². The molecular formula is C23H22F2N4O. The highest BCUT2D eigenvalue weighted by Crippen LogP contribution is 2.35. The van der Waals surface area contributed by atoms with Crippen LogP contribution in [0, 0.1) is 28.9 Å². The van der Waals surface area contributed by atoms with E-state index in [0.29, 0.717) is 29.2 Å². The third kappa shape index (κ3) is 3.91. The first kappa shape index (κ1) is 20.0. The van der Waals surface area contributed by atoms with Crippen molar-refractivity contribution in [1.29, 1.82) is 5.26 Å². The lowest BCUT2D eigenvalue weighted by molar-refractivity contribution is 0.322. The number of aromatic nitrogens is 2. The van der Waals surface area contributed by atoms with Gasteiger partial charge in [0.15, 0.2) is 11.6 Å². The molecule has 3 aromatic rings. The highest BCUT2D eigenvalue weighted by molar-refractivity contribution is 5.81. The third-order valence-corrected chi connectivity index (χ3v) is 5.56. The van der Waals surface area contributed by atoms with Crippen molar-refractivity contribution in [1.82, 2.24) is 15.1 Å². The van der Waals surface area contributed by atoms with E-state index >= 15 is 0 Å². The summed E-state index contributed by atoms with van der Waals surface area (Å²) in [5.41, 5.74) is 2.63. The SMILES string of the molecule is COc1ccc(-c2c(-c3ccc(C#N)c(F)c3)cnn2CC2CCNCC2)cc1F. The van der Waals surface area contributed by atoms with Gasteiger partial charge in [-0.15, -0.1) is 0 Å². The lowest BCUT2D eigenvalue weighted by Crippen LogP contribution is -2.30. The molecule has 7 heteroatoms. The molecule has 30 heavy (non-hydrogen) atoms. The smallest absolute Gasteiger partial charge is 0.165 e. The second-order valence-corrected chi connectivity index (χ2v) is 7.44. The Balaban J connectivity index is 1.81. The fraction of sp³-hybridized carbons (Fsp3) is 0.304. The summed E-state index contributed by atoms with van der Waals surface area (Å²) in [5.74, 6) is -0.442. The molecule has 0 bridgehead atoms. The molecule has 4 rings (SSSR count). The molecule has 0 spiro atoms.